The topological polar surface area (TPSA) is 67.9 Å². The molecule has 2 aromatic carbocycles. The quantitative estimate of drug-likeness (QED) is 0.829. The summed E-state index contributed by atoms with van der Waals surface area (Å²) in [4.78, 5) is 25.7. The summed E-state index contributed by atoms with van der Waals surface area (Å²) in [6, 6.07) is 14.7. The van der Waals surface area contributed by atoms with E-state index in [9.17, 15) is 9.59 Å². The van der Waals surface area contributed by atoms with Crippen molar-refractivity contribution in [3.05, 3.63) is 48.5 Å². The maximum absolute atomic E-state index is 12.1. The van der Waals surface area contributed by atoms with Gasteiger partial charge in [-0.05, 0) is 49.2 Å². The third-order valence-corrected chi connectivity index (χ3v) is 4.11. The fraction of sp³-hybridized carbons (Fsp3) is 0.300. The van der Waals surface area contributed by atoms with Gasteiger partial charge in [-0.1, -0.05) is 12.1 Å². The molecule has 1 fully saturated rings. The Morgan fingerprint density at radius 2 is 1.73 bits per heavy atom. The summed E-state index contributed by atoms with van der Waals surface area (Å²) in [6.45, 7) is 1.45. The van der Waals surface area contributed by atoms with E-state index in [4.69, 9.17) is 9.47 Å². The van der Waals surface area contributed by atoms with Crippen LogP contribution in [0.15, 0.2) is 48.5 Å². The van der Waals surface area contributed by atoms with E-state index in [2.05, 4.69) is 5.32 Å². The minimum absolute atomic E-state index is 0.0366. The molecule has 0 radical (unpaired) electrons. The molecular weight excluding hydrogens is 332 g/mol. The monoisotopic (exact) mass is 354 g/mol. The molecule has 26 heavy (non-hydrogen) atoms. The molecular formula is C20H22N2O4. The summed E-state index contributed by atoms with van der Waals surface area (Å²) in [5.74, 6) is 0.861. The first kappa shape index (κ1) is 17.8. The number of carbonyl (C=O) groups is 2. The molecule has 0 aliphatic heterocycles. The van der Waals surface area contributed by atoms with Crippen LogP contribution in [0.4, 0.5) is 11.4 Å². The van der Waals surface area contributed by atoms with Crippen molar-refractivity contribution in [2.24, 2.45) is 0 Å². The number of anilines is 2. The Balaban J connectivity index is 1.57. The molecule has 6 heteroatoms. The number of ether oxygens (including phenoxy) is 2. The first-order chi connectivity index (χ1) is 12.6. The van der Waals surface area contributed by atoms with Crippen molar-refractivity contribution in [2.75, 3.05) is 23.9 Å². The number of para-hydroxylation sites is 2. The van der Waals surface area contributed by atoms with E-state index in [0.29, 0.717) is 23.2 Å². The van der Waals surface area contributed by atoms with E-state index in [1.165, 1.54) is 0 Å². The van der Waals surface area contributed by atoms with Gasteiger partial charge < -0.3 is 19.7 Å². The molecule has 0 unspecified atom stereocenters. The van der Waals surface area contributed by atoms with Crippen molar-refractivity contribution >= 4 is 23.2 Å². The maximum atomic E-state index is 12.1. The van der Waals surface area contributed by atoms with Crippen molar-refractivity contribution in [2.45, 2.75) is 25.8 Å². The summed E-state index contributed by atoms with van der Waals surface area (Å²) in [5.41, 5.74) is 1.50. The number of nitrogens with zero attached hydrogens (tertiary/aromatic N) is 1. The number of hydrogen-bond acceptors (Lipinski definition) is 4. The Labute approximate surface area is 152 Å². The van der Waals surface area contributed by atoms with E-state index in [-0.39, 0.29) is 18.4 Å². The lowest BCUT2D eigenvalue weighted by molar-refractivity contribution is -0.118. The molecule has 1 saturated carbocycles. The molecule has 0 spiro atoms. The lowest BCUT2D eigenvalue weighted by atomic mass is 10.2. The Morgan fingerprint density at radius 1 is 1.08 bits per heavy atom. The van der Waals surface area contributed by atoms with Gasteiger partial charge in [-0.25, -0.2) is 0 Å². The van der Waals surface area contributed by atoms with Gasteiger partial charge in [0.25, 0.3) is 5.91 Å². The zero-order valence-electron chi connectivity index (χ0n) is 14.9. The SMILES string of the molecule is COc1ccccc1OCC(=O)Nc1ccc(N(C(C)=O)C2CC2)cc1. The molecule has 136 valence electrons. The molecule has 0 saturated heterocycles. The standard InChI is InChI=1S/C20H22N2O4/c1-14(23)22(17-11-12-17)16-9-7-15(8-10-16)21-20(24)13-26-19-6-4-3-5-18(19)25-2/h3-10,17H,11-13H2,1-2H3,(H,21,24). The molecule has 1 N–H and O–H groups in total. The molecule has 2 aromatic rings. The lowest BCUT2D eigenvalue weighted by Crippen LogP contribution is -2.30. The smallest absolute Gasteiger partial charge is 0.262 e. The zero-order valence-corrected chi connectivity index (χ0v) is 14.9. The minimum Gasteiger partial charge on any atom is -0.493 e. The van der Waals surface area contributed by atoms with Gasteiger partial charge in [-0.2, -0.15) is 0 Å². The summed E-state index contributed by atoms with van der Waals surface area (Å²) in [6.07, 6.45) is 2.08. The van der Waals surface area contributed by atoms with Crippen molar-refractivity contribution in [3.8, 4) is 11.5 Å². The number of amides is 2. The third kappa shape index (κ3) is 4.33. The van der Waals surface area contributed by atoms with Gasteiger partial charge in [0.2, 0.25) is 5.91 Å². The van der Waals surface area contributed by atoms with Gasteiger partial charge in [0, 0.05) is 24.3 Å². The molecule has 3 rings (SSSR count). The summed E-state index contributed by atoms with van der Waals surface area (Å²) in [7, 11) is 1.55. The number of methoxy groups -OCH3 is 1. The third-order valence-electron chi connectivity index (χ3n) is 4.11. The summed E-state index contributed by atoms with van der Waals surface area (Å²) >= 11 is 0. The van der Waals surface area contributed by atoms with Gasteiger partial charge in [0.15, 0.2) is 18.1 Å². The Kier molecular flexibility index (Phi) is 5.41. The number of rotatable bonds is 7. The van der Waals surface area contributed by atoms with Crippen LogP contribution in [0.25, 0.3) is 0 Å². The van der Waals surface area contributed by atoms with Crippen LogP contribution in [0.1, 0.15) is 19.8 Å². The average molecular weight is 354 g/mol. The Hall–Kier alpha value is -3.02. The van der Waals surface area contributed by atoms with Crippen LogP contribution in [-0.4, -0.2) is 31.6 Å². The maximum Gasteiger partial charge on any atom is 0.262 e. The van der Waals surface area contributed by atoms with Crippen LogP contribution in [0.2, 0.25) is 0 Å². The van der Waals surface area contributed by atoms with E-state index in [1.54, 1.807) is 43.2 Å². The minimum atomic E-state index is -0.269. The van der Waals surface area contributed by atoms with Gasteiger partial charge in [-0.3, -0.25) is 9.59 Å². The Morgan fingerprint density at radius 3 is 2.31 bits per heavy atom. The van der Waals surface area contributed by atoms with Gasteiger partial charge in [0.05, 0.1) is 7.11 Å². The summed E-state index contributed by atoms with van der Waals surface area (Å²) in [5, 5.41) is 2.78. The summed E-state index contributed by atoms with van der Waals surface area (Å²) < 4.78 is 10.7. The molecule has 0 aromatic heterocycles. The normalized spacial score (nSPS) is 13.0. The van der Waals surface area contributed by atoms with Gasteiger partial charge in [-0.15, -0.1) is 0 Å². The predicted molar refractivity (Wildman–Crippen MR) is 99.7 cm³/mol. The van der Waals surface area contributed by atoms with E-state index < -0.39 is 0 Å². The van der Waals surface area contributed by atoms with Gasteiger partial charge >= 0.3 is 0 Å². The predicted octanol–water partition coefficient (Wildman–Crippen LogP) is 3.23. The van der Waals surface area contributed by atoms with Crippen LogP contribution in [0.5, 0.6) is 11.5 Å². The molecule has 0 bridgehead atoms. The highest BCUT2D eigenvalue weighted by atomic mass is 16.5. The van der Waals surface area contributed by atoms with Crippen molar-refractivity contribution < 1.29 is 19.1 Å². The first-order valence-electron chi connectivity index (χ1n) is 8.54. The number of nitrogens with one attached hydrogen (secondary N) is 1. The fourth-order valence-corrected chi connectivity index (χ4v) is 2.77. The van der Waals surface area contributed by atoms with E-state index >= 15 is 0 Å². The fourth-order valence-electron chi connectivity index (χ4n) is 2.77. The van der Waals surface area contributed by atoms with Crippen molar-refractivity contribution in [1.82, 2.24) is 0 Å². The van der Waals surface area contributed by atoms with Crippen LogP contribution < -0.4 is 19.7 Å². The zero-order chi connectivity index (χ0) is 18.5. The highest BCUT2D eigenvalue weighted by Gasteiger charge is 2.31. The van der Waals surface area contributed by atoms with Crippen LogP contribution >= 0.6 is 0 Å². The lowest BCUT2D eigenvalue weighted by Gasteiger charge is -2.21. The van der Waals surface area contributed by atoms with Crippen molar-refractivity contribution in [1.29, 1.82) is 0 Å². The molecule has 1 aliphatic carbocycles. The van der Waals surface area contributed by atoms with Crippen molar-refractivity contribution in [3.63, 3.8) is 0 Å². The number of hydrogen-bond donors (Lipinski definition) is 1. The van der Waals surface area contributed by atoms with Crippen LogP contribution in [-0.2, 0) is 9.59 Å². The Bertz CT molecular complexity index is 785. The number of carbonyl (C=O) groups excluding carboxylic acids is 2. The highest BCUT2D eigenvalue weighted by molar-refractivity contribution is 5.94. The largest absolute Gasteiger partial charge is 0.493 e. The molecule has 6 nitrogen and oxygen atoms in total. The van der Waals surface area contributed by atoms with E-state index in [1.807, 2.05) is 24.3 Å². The highest BCUT2D eigenvalue weighted by Crippen LogP contribution is 2.32. The molecule has 2 amide bonds. The van der Waals surface area contributed by atoms with Crippen LogP contribution in [0.3, 0.4) is 0 Å². The second kappa shape index (κ2) is 7.91. The molecule has 0 heterocycles. The van der Waals surface area contributed by atoms with E-state index in [0.717, 1.165) is 18.5 Å². The van der Waals surface area contributed by atoms with Crippen LogP contribution in [0, 0.1) is 0 Å². The average Bonchev–Trinajstić information content (AvgIpc) is 3.46. The second-order valence-corrected chi connectivity index (χ2v) is 6.15. The molecule has 1 aliphatic rings. The molecule has 0 atom stereocenters. The van der Waals surface area contributed by atoms with Gasteiger partial charge in [0.1, 0.15) is 0 Å². The second-order valence-electron chi connectivity index (χ2n) is 6.15. The number of benzene rings is 2. The first-order valence-corrected chi connectivity index (χ1v) is 8.54.